The van der Waals surface area contributed by atoms with Gasteiger partial charge >= 0.3 is 12.1 Å². The Bertz CT molecular complexity index is 602. The van der Waals surface area contributed by atoms with Gasteiger partial charge in [0, 0.05) is 19.7 Å². The smallest absolute Gasteiger partial charge is 0.410 e. The van der Waals surface area contributed by atoms with Crippen molar-refractivity contribution < 1.29 is 18.8 Å². The van der Waals surface area contributed by atoms with E-state index in [1.54, 1.807) is 16.8 Å². The second-order valence-electron chi connectivity index (χ2n) is 6.23. The van der Waals surface area contributed by atoms with Crippen LogP contribution in [0.2, 0.25) is 0 Å². The molecule has 3 rings (SSSR count). The Balaban J connectivity index is 1.56. The van der Waals surface area contributed by atoms with Crippen LogP contribution in [0.3, 0.4) is 0 Å². The van der Waals surface area contributed by atoms with Gasteiger partial charge in [-0.3, -0.25) is 0 Å². The maximum absolute atomic E-state index is 12.3. The van der Waals surface area contributed by atoms with Crippen LogP contribution in [-0.2, 0) is 17.7 Å². The zero-order valence-electron chi connectivity index (χ0n) is 13.5. The minimum atomic E-state index is -0.566. The van der Waals surface area contributed by atoms with Crippen LogP contribution in [0.25, 0.3) is 0 Å². The van der Waals surface area contributed by atoms with Crippen molar-refractivity contribution in [1.29, 1.82) is 0 Å². The first-order valence-corrected chi connectivity index (χ1v) is 7.93. The Labute approximate surface area is 134 Å². The summed E-state index contributed by atoms with van der Waals surface area (Å²) in [6, 6.07) is 1.66. The van der Waals surface area contributed by atoms with Crippen molar-refractivity contribution in [1.82, 2.24) is 20.3 Å². The number of carbonyl (C=O) groups is 2. The summed E-state index contributed by atoms with van der Waals surface area (Å²) in [7, 11) is 1.71. The van der Waals surface area contributed by atoms with E-state index in [2.05, 4.69) is 10.5 Å². The van der Waals surface area contributed by atoms with Gasteiger partial charge in [-0.15, -0.1) is 0 Å². The molecule has 1 atom stereocenters. The molecule has 2 saturated heterocycles. The summed E-state index contributed by atoms with van der Waals surface area (Å²) in [5, 5.41) is 6.73. The summed E-state index contributed by atoms with van der Waals surface area (Å²) in [5.41, 5.74) is 0.301. The fourth-order valence-electron chi connectivity index (χ4n) is 3.16. The highest BCUT2D eigenvalue weighted by Gasteiger charge is 2.47. The van der Waals surface area contributed by atoms with E-state index in [4.69, 9.17) is 9.26 Å². The Morgan fingerprint density at radius 1 is 1.48 bits per heavy atom. The molecule has 2 aliphatic rings. The number of likely N-dealkylation sites (N-methyl/N-ethyl adjacent to an activating group) is 1. The molecule has 0 radical (unpaired) electrons. The van der Waals surface area contributed by atoms with E-state index in [-0.39, 0.29) is 12.1 Å². The summed E-state index contributed by atoms with van der Waals surface area (Å²) in [5.74, 6) is 0.633. The SMILES string of the molecule is CCc1cc(CNC(=O)N2CCC[C@]3(CN(C)C(=O)O3)C2)on1. The molecule has 2 aliphatic heterocycles. The number of likely N-dealkylation sites (tertiary alicyclic amines) is 1. The van der Waals surface area contributed by atoms with E-state index >= 15 is 0 Å². The normalized spacial score (nSPS) is 24.2. The highest BCUT2D eigenvalue weighted by atomic mass is 16.6. The Hall–Kier alpha value is -2.25. The molecule has 0 bridgehead atoms. The molecule has 8 heteroatoms. The molecular weight excluding hydrogens is 300 g/mol. The first-order valence-electron chi connectivity index (χ1n) is 7.93. The average molecular weight is 322 g/mol. The molecule has 0 saturated carbocycles. The molecule has 1 N–H and O–H groups in total. The van der Waals surface area contributed by atoms with Crippen LogP contribution < -0.4 is 5.32 Å². The third kappa shape index (κ3) is 3.25. The number of amides is 3. The minimum absolute atomic E-state index is 0.177. The van der Waals surface area contributed by atoms with Crippen LogP contribution in [0.4, 0.5) is 9.59 Å². The van der Waals surface area contributed by atoms with E-state index in [9.17, 15) is 9.59 Å². The van der Waals surface area contributed by atoms with Crippen LogP contribution in [0, 0.1) is 0 Å². The number of piperidine rings is 1. The third-order valence-electron chi connectivity index (χ3n) is 4.35. The molecule has 0 unspecified atom stereocenters. The second-order valence-corrected chi connectivity index (χ2v) is 6.23. The standard InChI is InChI=1S/C15H22N4O4/c1-3-11-7-12(23-17-11)8-16-13(20)19-6-4-5-15(10-19)9-18(2)14(21)22-15/h7H,3-6,8-10H2,1-2H3,(H,16,20)/t15-/m0/s1. The minimum Gasteiger partial charge on any atom is -0.439 e. The quantitative estimate of drug-likeness (QED) is 0.908. The van der Waals surface area contributed by atoms with Gasteiger partial charge in [0.05, 0.1) is 25.3 Å². The number of nitrogens with one attached hydrogen (secondary N) is 1. The maximum atomic E-state index is 12.3. The van der Waals surface area contributed by atoms with Gasteiger partial charge in [-0.05, 0) is 19.3 Å². The number of urea groups is 1. The Morgan fingerprint density at radius 2 is 2.30 bits per heavy atom. The van der Waals surface area contributed by atoms with E-state index in [0.717, 1.165) is 25.0 Å². The van der Waals surface area contributed by atoms with Crippen molar-refractivity contribution in [3.8, 4) is 0 Å². The van der Waals surface area contributed by atoms with Gasteiger partial charge in [0.1, 0.15) is 5.60 Å². The topological polar surface area (TPSA) is 87.9 Å². The fourth-order valence-corrected chi connectivity index (χ4v) is 3.16. The zero-order valence-corrected chi connectivity index (χ0v) is 13.5. The highest BCUT2D eigenvalue weighted by molar-refractivity contribution is 5.75. The van der Waals surface area contributed by atoms with Crippen molar-refractivity contribution in [3.05, 3.63) is 17.5 Å². The molecule has 0 aromatic carbocycles. The van der Waals surface area contributed by atoms with E-state index < -0.39 is 5.60 Å². The molecular formula is C15H22N4O4. The molecule has 2 fully saturated rings. The van der Waals surface area contributed by atoms with Crippen molar-refractivity contribution >= 4 is 12.1 Å². The Kier molecular flexibility index (Phi) is 4.14. The number of aryl methyl sites for hydroxylation is 1. The lowest BCUT2D eigenvalue weighted by Crippen LogP contribution is -2.54. The molecule has 8 nitrogen and oxygen atoms in total. The van der Waals surface area contributed by atoms with Crippen LogP contribution in [0.1, 0.15) is 31.2 Å². The Morgan fingerprint density at radius 3 is 2.96 bits per heavy atom. The average Bonchev–Trinajstić information content (AvgIpc) is 3.10. The maximum Gasteiger partial charge on any atom is 0.410 e. The van der Waals surface area contributed by atoms with Crippen LogP contribution in [0.5, 0.6) is 0 Å². The number of rotatable bonds is 3. The lowest BCUT2D eigenvalue weighted by atomic mass is 9.93. The number of aromatic nitrogens is 1. The van der Waals surface area contributed by atoms with Crippen molar-refractivity contribution in [2.45, 2.75) is 38.3 Å². The van der Waals surface area contributed by atoms with Crippen LogP contribution in [0.15, 0.2) is 10.6 Å². The first kappa shape index (κ1) is 15.6. The fraction of sp³-hybridized carbons (Fsp3) is 0.667. The van der Waals surface area contributed by atoms with Gasteiger partial charge in [-0.25, -0.2) is 9.59 Å². The van der Waals surface area contributed by atoms with E-state index in [1.807, 2.05) is 13.0 Å². The number of nitrogens with zero attached hydrogens (tertiary/aromatic N) is 3. The van der Waals surface area contributed by atoms with Crippen molar-refractivity contribution in [3.63, 3.8) is 0 Å². The molecule has 1 aromatic heterocycles. The zero-order chi connectivity index (χ0) is 16.4. The number of ether oxygens (including phenoxy) is 1. The third-order valence-corrected chi connectivity index (χ3v) is 4.35. The van der Waals surface area contributed by atoms with Gasteiger partial charge in [0.2, 0.25) is 0 Å². The monoisotopic (exact) mass is 322 g/mol. The molecule has 3 heterocycles. The van der Waals surface area contributed by atoms with Crippen molar-refractivity contribution in [2.75, 3.05) is 26.7 Å². The van der Waals surface area contributed by atoms with Gasteiger partial charge in [-0.1, -0.05) is 12.1 Å². The molecule has 3 amide bonds. The van der Waals surface area contributed by atoms with Gasteiger partial charge in [0.25, 0.3) is 0 Å². The first-order chi connectivity index (χ1) is 11.0. The lowest BCUT2D eigenvalue weighted by molar-refractivity contribution is 0.00312. The summed E-state index contributed by atoms with van der Waals surface area (Å²) < 4.78 is 10.7. The van der Waals surface area contributed by atoms with Gasteiger partial charge < -0.3 is 24.4 Å². The summed E-state index contributed by atoms with van der Waals surface area (Å²) in [6.45, 7) is 3.90. The summed E-state index contributed by atoms with van der Waals surface area (Å²) in [4.78, 5) is 27.2. The molecule has 1 spiro atoms. The predicted octanol–water partition coefficient (Wildman–Crippen LogP) is 1.36. The van der Waals surface area contributed by atoms with Crippen molar-refractivity contribution in [2.24, 2.45) is 0 Å². The predicted molar refractivity (Wildman–Crippen MR) is 80.8 cm³/mol. The molecule has 1 aromatic rings. The van der Waals surface area contributed by atoms with Crippen LogP contribution >= 0.6 is 0 Å². The molecule has 126 valence electrons. The van der Waals surface area contributed by atoms with E-state index in [0.29, 0.717) is 31.9 Å². The lowest BCUT2D eigenvalue weighted by Gasteiger charge is -2.38. The summed E-state index contributed by atoms with van der Waals surface area (Å²) >= 11 is 0. The number of hydrogen-bond donors (Lipinski definition) is 1. The van der Waals surface area contributed by atoms with Crippen LogP contribution in [-0.4, -0.2) is 59.4 Å². The largest absolute Gasteiger partial charge is 0.439 e. The van der Waals surface area contributed by atoms with Gasteiger partial charge in [0.15, 0.2) is 5.76 Å². The highest BCUT2D eigenvalue weighted by Crippen LogP contribution is 2.31. The van der Waals surface area contributed by atoms with Gasteiger partial charge in [-0.2, -0.15) is 0 Å². The number of hydrogen-bond acceptors (Lipinski definition) is 5. The summed E-state index contributed by atoms with van der Waals surface area (Å²) in [6.07, 6.45) is 2.08. The van der Waals surface area contributed by atoms with E-state index in [1.165, 1.54) is 0 Å². The molecule has 23 heavy (non-hydrogen) atoms. The molecule has 0 aliphatic carbocycles. The number of carbonyl (C=O) groups excluding carboxylic acids is 2. The second kappa shape index (κ2) is 6.10.